The van der Waals surface area contributed by atoms with Gasteiger partial charge < -0.3 is 15.4 Å². The predicted molar refractivity (Wildman–Crippen MR) is 72.4 cm³/mol. The van der Waals surface area contributed by atoms with Crippen molar-refractivity contribution in [2.75, 3.05) is 19.0 Å². The molecule has 1 fully saturated rings. The molecular formula is C13H15ClN2O3. The van der Waals surface area contributed by atoms with Gasteiger partial charge in [-0.1, -0.05) is 11.6 Å². The first-order chi connectivity index (χ1) is 9.11. The summed E-state index contributed by atoms with van der Waals surface area (Å²) in [6.07, 6.45) is 1.79. The lowest BCUT2D eigenvalue weighted by Crippen LogP contribution is -2.35. The standard InChI is InChI=1S/C13H15ClN2O3/c1-19-13(18)8-4-5-9(14)11(7-8)16-12(17)10-3-2-6-15-10/h4-5,7,10,15H,2-3,6H2,1H3,(H,16,17). The molecule has 0 saturated carbocycles. The highest BCUT2D eigenvalue weighted by atomic mass is 35.5. The van der Waals surface area contributed by atoms with Gasteiger partial charge in [0.2, 0.25) is 5.91 Å². The van der Waals surface area contributed by atoms with Gasteiger partial charge in [0.15, 0.2) is 0 Å². The van der Waals surface area contributed by atoms with E-state index in [1.807, 2.05) is 0 Å². The molecule has 6 heteroatoms. The van der Waals surface area contributed by atoms with Crippen molar-refractivity contribution >= 4 is 29.2 Å². The van der Waals surface area contributed by atoms with Crippen molar-refractivity contribution < 1.29 is 14.3 Å². The van der Waals surface area contributed by atoms with Crippen molar-refractivity contribution in [1.29, 1.82) is 0 Å². The SMILES string of the molecule is COC(=O)c1ccc(Cl)c(NC(=O)C2CCCN2)c1. The maximum atomic E-state index is 12.0. The van der Waals surface area contributed by atoms with Crippen molar-refractivity contribution in [3.05, 3.63) is 28.8 Å². The zero-order chi connectivity index (χ0) is 13.8. The van der Waals surface area contributed by atoms with Crippen LogP contribution in [0.2, 0.25) is 5.02 Å². The van der Waals surface area contributed by atoms with Gasteiger partial charge in [0.05, 0.1) is 29.4 Å². The van der Waals surface area contributed by atoms with Crippen LogP contribution in [0.1, 0.15) is 23.2 Å². The maximum Gasteiger partial charge on any atom is 0.337 e. The first-order valence-electron chi connectivity index (χ1n) is 6.04. The van der Waals surface area contributed by atoms with E-state index in [4.69, 9.17) is 11.6 Å². The maximum absolute atomic E-state index is 12.0. The summed E-state index contributed by atoms with van der Waals surface area (Å²) in [7, 11) is 1.30. The number of methoxy groups -OCH3 is 1. The Bertz CT molecular complexity index is 499. The molecule has 1 aromatic carbocycles. The van der Waals surface area contributed by atoms with Crippen LogP contribution in [-0.2, 0) is 9.53 Å². The van der Waals surface area contributed by atoms with E-state index in [1.54, 1.807) is 12.1 Å². The molecule has 0 aliphatic carbocycles. The van der Waals surface area contributed by atoms with Gasteiger partial charge in [0.1, 0.15) is 0 Å². The second-order valence-electron chi connectivity index (χ2n) is 4.32. The Labute approximate surface area is 116 Å². The summed E-state index contributed by atoms with van der Waals surface area (Å²) in [4.78, 5) is 23.4. The summed E-state index contributed by atoms with van der Waals surface area (Å²) >= 11 is 6.01. The van der Waals surface area contributed by atoms with Crippen LogP contribution in [0.15, 0.2) is 18.2 Å². The second kappa shape index (κ2) is 6.04. The Morgan fingerprint density at radius 1 is 1.47 bits per heavy atom. The van der Waals surface area contributed by atoms with Gasteiger partial charge in [-0.05, 0) is 37.6 Å². The molecule has 1 atom stereocenters. The van der Waals surface area contributed by atoms with Crippen molar-refractivity contribution in [2.45, 2.75) is 18.9 Å². The second-order valence-corrected chi connectivity index (χ2v) is 4.73. The number of hydrogen-bond donors (Lipinski definition) is 2. The lowest BCUT2D eigenvalue weighted by molar-refractivity contribution is -0.117. The van der Waals surface area contributed by atoms with E-state index in [1.165, 1.54) is 13.2 Å². The van der Waals surface area contributed by atoms with Crippen LogP contribution in [0.4, 0.5) is 5.69 Å². The largest absolute Gasteiger partial charge is 0.465 e. The van der Waals surface area contributed by atoms with Gasteiger partial charge in [-0.15, -0.1) is 0 Å². The Hall–Kier alpha value is -1.59. The molecule has 1 saturated heterocycles. The zero-order valence-electron chi connectivity index (χ0n) is 10.5. The number of carbonyl (C=O) groups excluding carboxylic acids is 2. The molecule has 1 heterocycles. The van der Waals surface area contributed by atoms with Crippen molar-refractivity contribution in [3.8, 4) is 0 Å². The molecule has 0 bridgehead atoms. The van der Waals surface area contributed by atoms with E-state index < -0.39 is 5.97 Å². The van der Waals surface area contributed by atoms with E-state index in [2.05, 4.69) is 15.4 Å². The molecule has 19 heavy (non-hydrogen) atoms. The topological polar surface area (TPSA) is 67.4 Å². The number of halogens is 1. The third kappa shape index (κ3) is 3.24. The lowest BCUT2D eigenvalue weighted by Gasteiger charge is -2.13. The van der Waals surface area contributed by atoms with Gasteiger partial charge in [0, 0.05) is 0 Å². The minimum Gasteiger partial charge on any atom is -0.465 e. The molecule has 1 unspecified atom stereocenters. The Morgan fingerprint density at radius 2 is 2.26 bits per heavy atom. The fourth-order valence-electron chi connectivity index (χ4n) is 1.99. The van der Waals surface area contributed by atoms with Crippen LogP contribution in [0.3, 0.4) is 0 Å². The van der Waals surface area contributed by atoms with E-state index in [-0.39, 0.29) is 11.9 Å². The molecule has 1 amide bonds. The smallest absolute Gasteiger partial charge is 0.337 e. The molecule has 1 aromatic rings. The fourth-order valence-corrected chi connectivity index (χ4v) is 2.16. The van der Waals surface area contributed by atoms with Crippen LogP contribution < -0.4 is 10.6 Å². The first-order valence-corrected chi connectivity index (χ1v) is 6.41. The van der Waals surface area contributed by atoms with Crippen molar-refractivity contribution in [1.82, 2.24) is 5.32 Å². The molecule has 1 aliphatic heterocycles. The van der Waals surface area contributed by atoms with Crippen molar-refractivity contribution in [3.63, 3.8) is 0 Å². The first kappa shape index (κ1) is 13.8. The molecule has 0 aromatic heterocycles. The summed E-state index contributed by atoms with van der Waals surface area (Å²) in [5.74, 6) is -0.604. The quantitative estimate of drug-likeness (QED) is 0.830. The minimum atomic E-state index is -0.467. The molecule has 0 spiro atoms. The summed E-state index contributed by atoms with van der Waals surface area (Å²) < 4.78 is 4.63. The summed E-state index contributed by atoms with van der Waals surface area (Å²) in [6, 6.07) is 4.43. The average molecular weight is 283 g/mol. The third-order valence-electron chi connectivity index (χ3n) is 3.02. The lowest BCUT2D eigenvalue weighted by atomic mass is 10.1. The van der Waals surface area contributed by atoms with Crippen LogP contribution in [-0.4, -0.2) is 31.6 Å². The Kier molecular flexibility index (Phi) is 4.39. The molecule has 102 valence electrons. The monoisotopic (exact) mass is 282 g/mol. The molecule has 0 radical (unpaired) electrons. The number of rotatable bonds is 3. The van der Waals surface area contributed by atoms with E-state index in [9.17, 15) is 9.59 Å². The molecule has 2 rings (SSSR count). The summed E-state index contributed by atoms with van der Waals surface area (Å²) in [6.45, 7) is 0.841. The van der Waals surface area contributed by atoms with Crippen LogP contribution in [0.5, 0.6) is 0 Å². The molecule has 2 N–H and O–H groups in total. The number of anilines is 1. The number of carbonyl (C=O) groups is 2. The van der Waals surface area contributed by atoms with E-state index in [0.717, 1.165) is 19.4 Å². The van der Waals surface area contributed by atoms with Crippen LogP contribution >= 0.6 is 11.6 Å². The summed E-state index contributed by atoms with van der Waals surface area (Å²) in [5.41, 5.74) is 0.768. The average Bonchev–Trinajstić information content (AvgIpc) is 2.94. The number of hydrogen-bond acceptors (Lipinski definition) is 4. The van der Waals surface area contributed by atoms with Crippen LogP contribution in [0.25, 0.3) is 0 Å². The molecular weight excluding hydrogens is 268 g/mol. The van der Waals surface area contributed by atoms with Gasteiger partial charge >= 0.3 is 5.97 Å². The van der Waals surface area contributed by atoms with Gasteiger partial charge in [-0.25, -0.2) is 4.79 Å². The van der Waals surface area contributed by atoms with Gasteiger partial charge in [0.25, 0.3) is 0 Å². The van der Waals surface area contributed by atoms with E-state index in [0.29, 0.717) is 16.3 Å². The highest BCUT2D eigenvalue weighted by molar-refractivity contribution is 6.34. The normalized spacial score (nSPS) is 18.1. The highest BCUT2D eigenvalue weighted by Gasteiger charge is 2.22. The number of ether oxygens (including phenoxy) is 1. The Balaban J connectivity index is 2.14. The number of benzene rings is 1. The molecule has 1 aliphatic rings. The minimum absolute atomic E-state index is 0.138. The number of amides is 1. The van der Waals surface area contributed by atoms with E-state index >= 15 is 0 Å². The Morgan fingerprint density at radius 3 is 2.89 bits per heavy atom. The third-order valence-corrected chi connectivity index (χ3v) is 3.35. The fraction of sp³-hybridized carbons (Fsp3) is 0.385. The zero-order valence-corrected chi connectivity index (χ0v) is 11.3. The number of esters is 1. The predicted octanol–water partition coefficient (Wildman–Crippen LogP) is 1.82. The van der Waals surface area contributed by atoms with Crippen molar-refractivity contribution in [2.24, 2.45) is 0 Å². The highest BCUT2D eigenvalue weighted by Crippen LogP contribution is 2.24. The number of nitrogens with one attached hydrogen (secondary N) is 2. The molecule has 5 nitrogen and oxygen atoms in total. The van der Waals surface area contributed by atoms with Crippen LogP contribution in [0, 0.1) is 0 Å². The summed E-state index contributed by atoms with van der Waals surface area (Å²) in [5, 5.41) is 6.22. The van der Waals surface area contributed by atoms with Gasteiger partial charge in [-0.2, -0.15) is 0 Å². The van der Waals surface area contributed by atoms with Gasteiger partial charge in [-0.3, -0.25) is 4.79 Å².